The summed E-state index contributed by atoms with van der Waals surface area (Å²) in [6, 6.07) is 1.88. The Kier molecular flexibility index (Phi) is 3.66. The van der Waals surface area contributed by atoms with Crippen LogP contribution in [0, 0.1) is 0 Å². The molecule has 16 heavy (non-hydrogen) atoms. The van der Waals surface area contributed by atoms with E-state index in [2.05, 4.69) is 15.9 Å². The van der Waals surface area contributed by atoms with Gasteiger partial charge in [0, 0.05) is 19.1 Å². The number of hydrogen-bond acceptors (Lipinski definition) is 3. The van der Waals surface area contributed by atoms with Crippen LogP contribution in [0.25, 0.3) is 0 Å². The third-order valence-electron chi connectivity index (χ3n) is 2.97. The summed E-state index contributed by atoms with van der Waals surface area (Å²) in [5.41, 5.74) is 5.69. The van der Waals surface area contributed by atoms with Gasteiger partial charge >= 0.3 is 0 Å². The number of amides is 1. The molecule has 1 aromatic heterocycles. The Labute approximate surface area is 103 Å². The first-order valence-electron chi connectivity index (χ1n) is 5.48. The van der Waals surface area contributed by atoms with E-state index in [0.717, 1.165) is 25.8 Å². The van der Waals surface area contributed by atoms with Crippen LogP contribution in [-0.2, 0) is 0 Å². The lowest BCUT2D eigenvalue weighted by Gasteiger charge is -2.34. The Hall–Kier alpha value is -0.810. The number of hydrogen-bond donors (Lipinski definition) is 1. The quantitative estimate of drug-likeness (QED) is 0.905. The van der Waals surface area contributed by atoms with E-state index in [1.165, 1.54) is 6.26 Å². The van der Waals surface area contributed by atoms with Crippen LogP contribution in [0.1, 0.15) is 29.8 Å². The van der Waals surface area contributed by atoms with Gasteiger partial charge < -0.3 is 15.1 Å². The number of carbonyl (C=O) groups is 1. The van der Waals surface area contributed by atoms with Crippen LogP contribution in [0.5, 0.6) is 0 Å². The summed E-state index contributed by atoms with van der Waals surface area (Å²) in [7, 11) is 0. The number of carbonyl (C=O) groups excluding carboxylic acids is 1. The summed E-state index contributed by atoms with van der Waals surface area (Å²) in [4.78, 5) is 14.0. The van der Waals surface area contributed by atoms with Gasteiger partial charge in [-0.3, -0.25) is 4.79 Å². The maximum atomic E-state index is 12.2. The van der Waals surface area contributed by atoms with Crippen LogP contribution < -0.4 is 5.73 Å². The summed E-state index contributed by atoms with van der Waals surface area (Å²) in [6.45, 7) is 1.29. The average molecular weight is 287 g/mol. The average Bonchev–Trinajstić information content (AvgIpc) is 2.74. The van der Waals surface area contributed by atoms with Gasteiger partial charge in [0.2, 0.25) is 5.76 Å². The number of halogens is 1. The van der Waals surface area contributed by atoms with Gasteiger partial charge in [0.25, 0.3) is 5.91 Å². The molecule has 2 heterocycles. The number of rotatable bonds is 2. The molecule has 1 aliphatic heterocycles. The summed E-state index contributed by atoms with van der Waals surface area (Å²) in [6.07, 6.45) is 4.69. The standard InChI is InChI=1S/C11H15BrN2O2/c12-9-4-6-16-10(9)11(15)14-5-2-1-3-8(14)7-13/h4,6,8H,1-3,5,7,13H2. The van der Waals surface area contributed by atoms with E-state index >= 15 is 0 Å². The second-order valence-electron chi connectivity index (χ2n) is 3.98. The van der Waals surface area contributed by atoms with Crippen molar-refractivity contribution in [2.75, 3.05) is 13.1 Å². The lowest BCUT2D eigenvalue weighted by atomic mass is 10.0. The number of piperidine rings is 1. The van der Waals surface area contributed by atoms with Crippen molar-refractivity contribution < 1.29 is 9.21 Å². The van der Waals surface area contributed by atoms with E-state index in [1.54, 1.807) is 6.07 Å². The zero-order chi connectivity index (χ0) is 11.5. The minimum atomic E-state index is -0.0629. The molecule has 0 aliphatic carbocycles. The van der Waals surface area contributed by atoms with E-state index in [4.69, 9.17) is 10.2 Å². The van der Waals surface area contributed by atoms with Gasteiger partial charge in [-0.15, -0.1) is 0 Å². The molecule has 1 unspecified atom stereocenters. The highest BCUT2D eigenvalue weighted by Crippen LogP contribution is 2.23. The second kappa shape index (κ2) is 5.01. The fourth-order valence-electron chi connectivity index (χ4n) is 2.09. The smallest absolute Gasteiger partial charge is 0.291 e. The molecule has 1 amide bonds. The van der Waals surface area contributed by atoms with Gasteiger partial charge in [-0.25, -0.2) is 0 Å². The van der Waals surface area contributed by atoms with E-state index < -0.39 is 0 Å². The summed E-state index contributed by atoms with van der Waals surface area (Å²) < 4.78 is 5.90. The van der Waals surface area contributed by atoms with Crippen molar-refractivity contribution >= 4 is 21.8 Å². The van der Waals surface area contributed by atoms with E-state index in [9.17, 15) is 4.79 Å². The number of nitrogens with two attached hydrogens (primary N) is 1. The molecule has 2 N–H and O–H groups in total. The topological polar surface area (TPSA) is 59.5 Å². The molecular weight excluding hydrogens is 272 g/mol. The van der Waals surface area contributed by atoms with Crippen molar-refractivity contribution in [3.63, 3.8) is 0 Å². The lowest BCUT2D eigenvalue weighted by Crippen LogP contribution is -2.47. The summed E-state index contributed by atoms with van der Waals surface area (Å²) in [5.74, 6) is 0.312. The molecule has 0 bridgehead atoms. The van der Waals surface area contributed by atoms with Crippen molar-refractivity contribution in [1.82, 2.24) is 4.90 Å². The fraction of sp³-hybridized carbons (Fsp3) is 0.545. The summed E-state index contributed by atoms with van der Waals surface area (Å²) >= 11 is 3.30. The monoisotopic (exact) mass is 286 g/mol. The first-order chi connectivity index (χ1) is 7.74. The van der Waals surface area contributed by atoms with Gasteiger partial charge in [-0.05, 0) is 41.3 Å². The molecule has 0 aromatic carbocycles. The first kappa shape index (κ1) is 11.7. The molecule has 1 atom stereocenters. The molecule has 2 rings (SSSR count). The molecule has 0 saturated carbocycles. The zero-order valence-electron chi connectivity index (χ0n) is 8.99. The molecular formula is C11H15BrN2O2. The molecule has 4 nitrogen and oxygen atoms in total. The Morgan fingerprint density at radius 3 is 3.06 bits per heavy atom. The Morgan fingerprint density at radius 2 is 2.44 bits per heavy atom. The van der Waals surface area contributed by atoms with Gasteiger partial charge in [0.15, 0.2) is 0 Å². The van der Waals surface area contributed by atoms with Crippen LogP contribution in [0.15, 0.2) is 21.2 Å². The normalized spacial score (nSPS) is 21.1. The SMILES string of the molecule is NCC1CCCCN1C(=O)c1occc1Br. The Morgan fingerprint density at radius 1 is 1.62 bits per heavy atom. The van der Waals surface area contributed by atoms with E-state index in [1.807, 2.05) is 4.90 Å². The zero-order valence-corrected chi connectivity index (χ0v) is 10.6. The predicted octanol–water partition coefficient (Wildman–Crippen LogP) is 2.00. The maximum absolute atomic E-state index is 12.2. The van der Waals surface area contributed by atoms with Crippen LogP contribution >= 0.6 is 15.9 Å². The molecule has 1 fully saturated rings. The fourth-order valence-corrected chi connectivity index (χ4v) is 2.46. The largest absolute Gasteiger partial charge is 0.458 e. The van der Waals surface area contributed by atoms with Crippen molar-refractivity contribution in [3.05, 3.63) is 22.6 Å². The van der Waals surface area contributed by atoms with Crippen LogP contribution in [0.2, 0.25) is 0 Å². The van der Waals surface area contributed by atoms with Crippen molar-refractivity contribution in [2.45, 2.75) is 25.3 Å². The predicted molar refractivity (Wildman–Crippen MR) is 64.1 cm³/mol. The minimum absolute atomic E-state index is 0.0629. The third-order valence-corrected chi connectivity index (χ3v) is 3.60. The van der Waals surface area contributed by atoms with Crippen molar-refractivity contribution in [3.8, 4) is 0 Å². The first-order valence-corrected chi connectivity index (χ1v) is 6.27. The number of likely N-dealkylation sites (tertiary alicyclic amines) is 1. The highest BCUT2D eigenvalue weighted by atomic mass is 79.9. The van der Waals surface area contributed by atoms with Crippen LogP contribution in [-0.4, -0.2) is 29.9 Å². The number of nitrogens with zero attached hydrogens (tertiary/aromatic N) is 1. The Balaban J connectivity index is 2.17. The molecule has 1 saturated heterocycles. The van der Waals surface area contributed by atoms with Crippen LogP contribution in [0.3, 0.4) is 0 Å². The third kappa shape index (κ3) is 2.15. The van der Waals surface area contributed by atoms with Crippen molar-refractivity contribution in [2.24, 2.45) is 5.73 Å². The highest BCUT2D eigenvalue weighted by molar-refractivity contribution is 9.10. The van der Waals surface area contributed by atoms with Gasteiger partial charge in [-0.2, -0.15) is 0 Å². The van der Waals surface area contributed by atoms with Crippen LogP contribution in [0.4, 0.5) is 0 Å². The lowest BCUT2D eigenvalue weighted by molar-refractivity contribution is 0.0589. The highest BCUT2D eigenvalue weighted by Gasteiger charge is 2.29. The molecule has 0 spiro atoms. The van der Waals surface area contributed by atoms with Gasteiger partial charge in [0.1, 0.15) is 0 Å². The molecule has 88 valence electrons. The van der Waals surface area contributed by atoms with Gasteiger partial charge in [0.05, 0.1) is 10.7 Å². The second-order valence-corrected chi connectivity index (χ2v) is 4.84. The Bertz CT molecular complexity index is 378. The molecule has 1 aromatic rings. The molecule has 1 aliphatic rings. The van der Waals surface area contributed by atoms with E-state index in [-0.39, 0.29) is 11.9 Å². The molecule has 0 radical (unpaired) electrons. The molecule has 5 heteroatoms. The summed E-state index contributed by atoms with van der Waals surface area (Å²) in [5, 5.41) is 0. The van der Waals surface area contributed by atoms with Crippen molar-refractivity contribution in [1.29, 1.82) is 0 Å². The van der Waals surface area contributed by atoms with E-state index in [0.29, 0.717) is 16.8 Å². The maximum Gasteiger partial charge on any atom is 0.291 e. The minimum Gasteiger partial charge on any atom is -0.458 e. The van der Waals surface area contributed by atoms with Gasteiger partial charge in [-0.1, -0.05) is 0 Å². The number of furan rings is 1.